The van der Waals surface area contributed by atoms with E-state index >= 15 is 0 Å². The molecule has 0 fully saturated rings. The van der Waals surface area contributed by atoms with E-state index in [4.69, 9.17) is 0 Å². The normalized spacial score (nSPS) is 16.6. The van der Waals surface area contributed by atoms with Crippen molar-refractivity contribution in [3.63, 3.8) is 0 Å². The van der Waals surface area contributed by atoms with Crippen LogP contribution < -0.4 is 10.6 Å². The largest absolute Gasteiger partial charge is 0.391 e. The highest BCUT2D eigenvalue weighted by Gasteiger charge is 2.12. The standard InChI is InChI=1S/C21H22N4/c1-2-15-9-18(13-24-12-15)17-10-16-3-6-23-14-20(16)21(11-17)25-19-4-7-22-8-5-19/h3-4,6-7,9-14,19,22,25H,2,5,8H2,1H3. The van der Waals surface area contributed by atoms with Gasteiger partial charge in [0.1, 0.15) is 0 Å². The molecule has 0 bridgehead atoms. The molecule has 126 valence electrons. The van der Waals surface area contributed by atoms with Gasteiger partial charge in [0.05, 0.1) is 0 Å². The highest BCUT2D eigenvalue weighted by atomic mass is 15.0. The van der Waals surface area contributed by atoms with E-state index in [0.717, 1.165) is 36.0 Å². The zero-order chi connectivity index (χ0) is 17.1. The molecular formula is C21H22N4. The van der Waals surface area contributed by atoms with Crippen molar-refractivity contribution in [2.45, 2.75) is 25.8 Å². The number of nitrogens with one attached hydrogen (secondary N) is 2. The van der Waals surface area contributed by atoms with Gasteiger partial charge >= 0.3 is 0 Å². The number of aryl methyl sites for hydroxylation is 1. The molecule has 0 amide bonds. The van der Waals surface area contributed by atoms with Crippen molar-refractivity contribution in [3.8, 4) is 11.1 Å². The number of rotatable bonds is 4. The molecule has 0 radical (unpaired) electrons. The maximum absolute atomic E-state index is 4.41. The van der Waals surface area contributed by atoms with Gasteiger partial charge in [-0.25, -0.2) is 0 Å². The summed E-state index contributed by atoms with van der Waals surface area (Å²) in [6.45, 7) is 3.15. The maximum atomic E-state index is 4.41. The Morgan fingerprint density at radius 1 is 1.12 bits per heavy atom. The van der Waals surface area contributed by atoms with Crippen molar-refractivity contribution in [2.75, 3.05) is 11.9 Å². The average molecular weight is 330 g/mol. The van der Waals surface area contributed by atoms with Crippen molar-refractivity contribution in [3.05, 3.63) is 66.9 Å². The van der Waals surface area contributed by atoms with Gasteiger partial charge in [-0.3, -0.25) is 9.97 Å². The summed E-state index contributed by atoms with van der Waals surface area (Å²) in [7, 11) is 0. The lowest BCUT2D eigenvalue weighted by Crippen LogP contribution is -2.27. The van der Waals surface area contributed by atoms with E-state index in [0.29, 0.717) is 6.04 Å². The van der Waals surface area contributed by atoms with Crippen molar-refractivity contribution < 1.29 is 0 Å². The van der Waals surface area contributed by atoms with Crippen LogP contribution in [-0.2, 0) is 6.42 Å². The predicted octanol–water partition coefficient (Wildman–Crippen LogP) is 4.15. The molecule has 4 rings (SSSR count). The molecule has 0 saturated heterocycles. The first-order chi connectivity index (χ1) is 12.3. The first-order valence-electron chi connectivity index (χ1n) is 8.82. The summed E-state index contributed by atoms with van der Waals surface area (Å²) in [6.07, 6.45) is 13.9. The summed E-state index contributed by atoms with van der Waals surface area (Å²) >= 11 is 0. The average Bonchev–Trinajstić information content (AvgIpc) is 2.69. The maximum Gasteiger partial charge on any atom is 0.0478 e. The van der Waals surface area contributed by atoms with E-state index in [1.54, 1.807) is 0 Å². The first kappa shape index (κ1) is 15.6. The van der Waals surface area contributed by atoms with Gasteiger partial charge in [0.2, 0.25) is 0 Å². The molecule has 0 saturated carbocycles. The summed E-state index contributed by atoms with van der Waals surface area (Å²) in [5.41, 5.74) is 4.71. The van der Waals surface area contributed by atoms with Gasteiger partial charge < -0.3 is 10.6 Å². The Balaban J connectivity index is 1.80. The molecule has 0 spiro atoms. The monoisotopic (exact) mass is 330 g/mol. The summed E-state index contributed by atoms with van der Waals surface area (Å²) < 4.78 is 0. The molecule has 3 heterocycles. The van der Waals surface area contributed by atoms with Crippen molar-refractivity contribution >= 4 is 16.5 Å². The number of fused-ring (bicyclic) bond motifs is 1. The van der Waals surface area contributed by atoms with E-state index in [1.807, 2.05) is 31.0 Å². The van der Waals surface area contributed by atoms with Crippen molar-refractivity contribution in [1.82, 2.24) is 15.3 Å². The van der Waals surface area contributed by atoms with Crippen molar-refractivity contribution in [1.29, 1.82) is 0 Å². The topological polar surface area (TPSA) is 49.8 Å². The van der Waals surface area contributed by atoms with Gasteiger partial charge in [-0.05, 0) is 65.9 Å². The Hall–Kier alpha value is -2.88. The number of hydrogen-bond acceptors (Lipinski definition) is 4. The molecule has 4 nitrogen and oxygen atoms in total. The quantitative estimate of drug-likeness (QED) is 0.754. The van der Waals surface area contributed by atoms with E-state index in [-0.39, 0.29) is 0 Å². The van der Waals surface area contributed by atoms with Crippen LogP contribution in [0.1, 0.15) is 18.9 Å². The molecule has 3 aromatic rings. The van der Waals surface area contributed by atoms with Crippen LogP contribution in [0.5, 0.6) is 0 Å². The fourth-order valence-corrected chi connectivity index (χ4v) is 3.25. The fourth-order valence-electron chi connectivity index (χ4n) is 3.25. The lowest BCUT2D eigenvalue weighted by atomic mass is 10.00. The van der Waals surface area contributed by atoms with E-state index in [2.05, 4.69) is 57.9 Å². The molecule has 2 aromatic heterocycles. The summed E-state index contributed by atoms with van der Waals surface area (Å²) in [5, 5.41) is 9.26. The zero-order valence-corrected chi connectivity index (χ0v) is 14.4. The molecule has 2 N–H and O–H groups in total. The lowest BCUT2D eigenvalue weighted by Gasteiger charge is -2.21. The molecule has 1 aromatic carbocycles. The highest BCUT2D eigenvalue weighted by molar-refractivity contribution is 5.97. The number of pyridine rings is 2. The van der Waals surface area contributed by atoms with Gasteiger partial charge in [0.25, 0.3) is 0 Å². The Bertz CT molecular complexity index is 917. The fraction of sp³-hybridized carbons (Fsp3) is 0.238. The molecule has 1 aliphatic rings. The minimum atomic E-state index is 0.333. The molecule has 4 heteroatoms. The van der Waals surface area contributed by atoms with E-state index < -0.39 is 0 Å². The number of anilines is 1. The smallest absolute Gasteiger partial charge is 0.0478 e. The minimum Gasteiger partial charge on any atom is -0.391 e. The van der Waals surface area contributed by atoms with Crippen LogP contribution in [-0.4, -0.2) is 22.6 Å². The molecule has 0 aliphatic carbocycles. The lowest BCUT2D eigenvalue weighted by molar-refractivity contribution is 0.676. The van der Waals surface area contributed by atoms with Crippen LogP contribution in [0.25, 0.3) is 21.9 Å². The van der Waals surface area contributed by atoms with Crippen LogP contribution in [0.3, 0.4) is 0 Å². The third kappa shape index (κ3) is 3.33. The summed E-state index contributed by atoms with van der Waals surface area (Å²) in [5.74, 6) is 0. The van der Waals surface area contributed by atoms with E-state index in [9.17, 15) is 0 Å². The molecule has 1 unspecified atom stereocenters. The van der Waals surface area contributed by atoms with Gasteiger partial charge in [-0.15, -0.1) is 0 Å². The van der Waals surface area contributed by atoms with Crippen LogP contribution in [0.4, 0.5) is 5.69 Å². The first-order valence-corrected chi connectivity index (χ1v) is 8.82. The van der Waals surface area contributed by atoms with Crippen LogP contribution >= 0.6 is 0 Å². The third-order valence-electron chi connectivity index (χ3n) is 4.68. The number of aromatic nitrogens is 2. The highest BCUT2D eigenvalue weighted by Crippen LogP contribution is 2.31. The molecular weight excluding hydrogens is 308 g/mol. The second-order valence-electron chi connectivity index (χ2n) is 6.41. The molecule has 1 aliphatic heterocycles. The number of nitrogens with zero attached hydrogens (tertiary/aromatic N) is 2. The Kier molecular flexibility index (Phi) is 4.34. The summed E-state index contributed by atoms with van der Waals surface area (Å²) in [4.78, 5) is 8.72. The minimum absolute atomic E-state index is 0.333. The Morgan fingerprint density at radius 3 is 2.92 bits per heavy atom. The van der Waals surface area contributed by atoms with E-state index in [1.165, 1.54) is 16.5 Å². The number of benzene rings is 1. The van der Waals surface area contributed by atoms with Gasteiger partial charge in [0, 0.05) is 54.0 Å². The molecule has 25 heavy (non-hydrogen) atoms. The third-order valence-corrected chi connectivity index (χ3v) is 4.68. The Morgan fingerprint density at radius 2 is 2.08 bits per heavy atom. The van der Waals surface area contributed by atoms with Gasteiger partial charge in [-0.1, -0.05) is 6.92 Å². The van der Waals surface area contributed by atoms with Crippen LogP contribution in [0.2, 0.25) is 0 Å². The van der Waals surface area contributed by atoms with Crippen molar-refractivity contribution in [2.24, 2.45) is 0 Å². The zero-order valence-electron chi connectivity index (χ0n) is 14.4. The SMILES string of the molecule is CCc1cncc(-c2cc(NC3C=CNCC3)c3cnccc3c2)c1. The summed E-state index contributed by atoms with van der Waals surface area (Å²) in [6, 6.07) is 9.07. The predicted molar refractivity (Wildman–Crippen MR) is 104 cm³/mol. The second-order valence-corrected chi connectivity index (χ2v) is 6.41. The van der Waals surface area contributed by atoms with Crippen LogP contribution in [0.15, 0.2) is 61.3 Å². The number of hydrogen-bond donors (Lipinski definition) is 2. The second kappa shape index (κ2) is 6.93. The van der Waals surface area contributed by atoms with Gasteiger partial charge in [0.15, 0.2) is 0 Å². The Labute approximate surface area is 148 Å². The van der Waals surface area contributed by atoms with Gasteiger partial charge in [-0.2, -0.15) is 0 Å². The molecule has 1 atom stereocenters. The van der Waals surface area contributed by atoms with Crippen LogP contribution in [0, 0.1) is 0 Å².